The van der Waals surface area contributed by atoms with Crippen LogP contribution in [0, 0.1) is 0 Å². The Morgan fingerprint density at radius 2 is 1.78 bits per heavy atom. The molecule has 5 aromatic rings. The van der Waals surface area contributed by atoms with Crippen LogP contribution in [0.25, 0.3) is 22.3 Å². The first-order valence-corrected chi connectivity index (χ1v) is 11.5. The van der Waals surface area contributed by atoms with Crippen LogP contribution in [0.5, 0.6) is 0 Å². The molecule has 0 aliphatic rings. The molecule has 3 aromatic carbocycles. The van der Waals surface area contributed by atoms with E-state index in [0.717, 1.165) is 10.9 Å². The number of ether oxygens (including phenoxy) is 1. The van der Waals surface area contributed by atoms with Gasteiger partial charge in [0.2, 0.25) is 5.91 Å². The number of hydrogen-bond donors (Lipinski definition) is 4. The lowest BCUT2D eigenvalue weighted by Gasteiger charge is -2.09. The summed E-state index contributed by atoms with van der Waals surface area (Å²) in [6, 6.07) is 21.3. The van der Waals surface area contributed by atoms with Gasteiger partial charge < -0.3 is 20.4 Å². The number of carbonyl (C=O) groups excluding carboxylic acids is 2. The maximum absolute atomic E-state index is 13.1. The number of halogens is 1. The highest BCUT2D eigenvalue weighted by Crippen LogP contribution is 2.29. The average Bonchev–Trinajstić information content (AvgIpc) is 3.53. The Bertz CT molecular complexity index is 1640. The fourth-order valence-electron chi connectivity index (χ4n) is 3.76. The molecule has 37 heavy (non-hydrogen) atoms. The number of aromatic amines is 2. The number of anilines is 2. The van der Waals surface area contributed by atoms with E-state index < -0.39 is 11.7 Å². The predicted octanol–water partition coefficient (Wildman–Crippen LogP) is 4.57. The molecule has 0 spiro atoms. The lowest BCUT2D eigenvalue weighted by molar-refractivity contribution is -0.121. The first kappa shape index (κ1) is 24.0. The molecule has 0 saturated heterocycles. The van der Waals surface area contributed by atoms with Crippen LogP contribution in [0.4, 0.5) is 11.4 Å². The summed E-state index contributed by atoms with van der Waals surface area (Å²) in [5, 5.41) is 10.4. The van der Waals surface area contributed by atoms with Crippen molar-refractivity contribution in [1.82, 2.24) is 15.1 Å². The normalized spacial score (nSPS) is 10.9. The van der Waals surface area contributed by atoms with Crippen molar-refractivity contribution in [2.75, 3.05) is 17.2 Å². The SMILES string of the molecule is O=C(COCc1ccccc1)Nc1cccc2cc(C(=O)Nc3ccc(Cl)cc3-c3noc(=O)[nH]3)[nH]c12. The summed E-state index contributed by atoms with van der Waals surface area (Å²) in [7, 11) is 0. The number of aromatic nitrogens is 3. The van der Waals surface area contributed by atoms with Crippen LogP contribution in [0.15, 0.2) is 82.1 Å². The van der Waals surface area contributed by atoms with Crippen molar-refractivity contribution in [2.45, 2.75) is 6.61 Å². The van der Waals surface area contributed by atoms with Crippen molar-refractivity contribution in [2.24, 2.45) is 0 Å². The number of rotatable bonds is 8. The third kappa shape index (κ3) is 5.61. The van der Waals surface area contributed by atoms with Crippen molar-refractivity contribution < 1.29 is 18.8 Å². The van der Waals surface area contributed by atoms with Crippen LogP contribution in [0.2, 0.25) is 5.02 Å². The summed E-state index contributed by atoms with van der Waals surface area (Å²) in [6.45, 7) is 0.197. The van der Waals surface area contributed by atoms with Crippen molar-refractivity contribution in [1.29, 1.82) is 0 Å². The topological polar surface area (TPSA) is 142 Å². The molecule has 5 rings (SSSR count). The second-order valence-corrected chi connectivity index (χ2v) is 8.50. The van der Waals surface area contributed by atoms with E-state index >= 15 is 0 Å². The van der Waals surface area contributed by atoms with E-state index in [1.165, 1.54) is 0 Å². The van der Waals surface area contributed by atoms with E-state index in [4.69, 9.17) is 16.3 Å². The van der Waals surface area contributed by atoms with E-state index in [1.807, 2.05) is 36.4 Å². The number of para-hydroxylation sites is 1. The van der Waals surface area contributed by atoms with Crippen LogP contribution in [-0.2, 0) is 16.1 Å². The highest BCUT2D eigenvalue weighted by molar-refractivity contribution is 6.31. The van der Waals surface area contributed by atoms with E-state index in [2.05, 4.69) is 30.3 Å². The molecule has 0 saturated carbocycles. The Kier molecular flexibility index (Phi) is 6.84. The number of nitrogens with one attached hydrogen (secondary N) is 4. The van der Waals surface area contributed by atoms with E-state index in [0.29, 0.717) is 34.1 Å². The van der Waals surface area contributed by atoms with Crippen LogP contribution in [0.1, 0.15) is 16.1 Å². The highest BCUT2D eigenvalue weighted by Gasteiger charge is 2.17. The van der Waals surface area contributed by atoms with Gasteiger partial charge in [-0.2, -0.15) is 0 Å². The summed E-state index contributed by atoms with van der Waals surface area (Å²) in [6.07, 6.45) is 0. The molecule has 0 aliphatic heterocycles. The molecule has 0 unspecified atom stereocenters. The summed E-state index contributed by atoms with van der Waals surface area (Å²) in [5.74, 6) is -1.38. The van der Waals surface area contributed by atoms with Gasteiger partial charge in [0.05, 0.1) is 23.5 Å². The molecule has 0 bridgehead atoms. The van der Waals surface area contributed by atoms with Crippen molar-refractivity contribution in [3.05, 3.63) is 99.6 Å². The van der Waals surface area contributed by atoms with Crippen LogP contribution in [-0.4, -0.2) is 33.5 Å². The Morgan fingerprint density at radius 1 is 0.946 bits per heavy atom. The van der Waals surface area contributed by atoms with Gasteiger partial charge in [0.25, 0.3) is 5.91 Å². The van der Waals surface area contributed by atoms with Crippen molar-refractivity contribution in [3.63, 3.8) is 0 Å². The lowest BCUT2D eigenvalue weighted by atomic mass is 10.1. The Balaban J connectivity index is 1.30. The molecule has 0 radical (unpaired) electrons. The molecular weight excluding hydrogens is 498 g/mol. The summed E-state index contributed by atoms with van der Waals surface area (Å²) in [5.41, 5.74) is 3.06. The number of nitrogens with zero attached hydrogens (tertiary/aromatic N) is 1. The van der Waals surface area contributed by atoms with Gasteiger partial charge in [-0.15, -0.1) is 0 Å². The van der Waals surface area contributed by atoms with Gasteiger partial charge >= 0.3 is 5.76 Å². The molecular formula is C26H20ClN5O5. The van der Waals surface area contributed by atoms with Gasteiger partial charge in [0, 0.05) is 16.0 Å². The smallest absolute Gasteiger partial charge is 0.367 e. The van der Waals surface area contributed by atoms with Gasteiger partial charge in [-0.25, -0.2) is 4.79 Å². The zero-order valence-electron chi connectivity index (χ0n) is 19.2. The molecule has 2 aromatic heterocycles. The largest absolute Gasteiger partial charge is 0.439 e. The third-order valence-corrected chi connectivity index (χ3v) is 5.68. The lowest BCUT2D eigenvalue weighted by Crippen LogP contribution is -2.18. The number of amides is 2. The fourth-order valence-corrected chi connectivity index (χ4v) is 3.93. The van der Waals surface area contributed by atoms with Gasteiger partial charge in [-0.05, 0) is 35.9 Å². The second kappa shape index (κ2) is 10.5. The third-order valence-electron chi connectivity index (χ3n) is 5.44. The molecule has 186 valence electrons. The van der Waals surface area contributed by atoms with Crippen LogP contribution in [0.3, 0.4) is 0 Å². The molecule has 10 nitrogen and oxygen atoms in total. The molecule has 0 fully saturated rings. The van der Waals surface area contributed by atoms with E-state index in [9.17, 15) is 14.4 Å². The Morgan fingerprint density at radius 3 is 2.57 bits per heavy atom. The zero-order valence-corrected chi connectivity index (χ0v) is 20.0. The maximum Gasteiger partial charge on any atom is 0.439 e. The highest BCUT2D eigenvalue weighted by atomic mass is 35.5. The van der Waals surface area contributed by atoms with Gasteiger partial charge in [0.15, 0.2) is 5.82 Å². The first-order valence-electron chi connectivity index (χ1n) is 11.2. The van der Waals surface area contributed by atoms with Gasteiger partial charge in [-0.3, -0.25) is 19.1 Å². The van der Waals surface area contributed by atoms with E-state index in [1.54, 1.807) is 36.4 Å². The zero-order chi connectivity index (χ0) is 25.8. The minimum atomic E-state index is -0.733. The summed E-state index contributed by atoms with van der Waals surface area (Å²) in [4.78, 5) is 42.4. The quantitative estimate of drug-likeness (QED) is 0.237. The number of H-pyrrole nitrogens is 2. The first-order chi connectivity index (χ1) is 18.0. The summed E-state index contributed by atoms with van der Waals surface area (Å²) < 4.78 is 10.1. The minimum absolute atomic E-state index is 0.122. The molecule has 0 atom stereocenters. The number of benzene rings is 3. The Hall–Kier alpha value is -4.67. The number of hydrogen-bond acceptors (Lipinski definition) is 6. The minimum Gasteiger partial charge on any atom is -0.367 e. The van der Waals surface area contributed by atoms with E-state index in [-0.39, 0.29) is 24.0 Å². The number of fused-ring (bicyclic) bond motifs is 1. The van der Waals surface area contributed by atoms with Crippen LogP contribution >= 0.6 is 11.6 Å². The molecule has 0 aliphatic carbocycles. The van der Waals surface area contributed by atoms with Gasteiger partial charge in [0.1, 0.15) is 12.3 Å². The van der Waals surface area contributed by atoms with Crippen molar-refractivity contribution in [3.8, 4) is 11.4 Å². The standard InChI is InChI=1S/C26H20ClN5O5/c27-17-9-10-19(18(12-17)24-31-26(35)37-32-24)30-25(34)21-11-16-7-4-8-20(23(16)29-21)28-22(33)14-36-13-15-5-2-1-3-6-15/h1-12,29H,13-14H2,(H,28,33)(H,30,34)(H,31,32,35). The Labute approximate surface area is 214 Å². The molecule has 11 heteroatoms. The number of carbonyl (C=O) groups is 2. The van der Waals surface area contributed by atoms with Gasteiger partial charge in [-0.1, -0.05) is 59.2 Å². The molecule has 2 amide bonds. The monoisotopic (exact) mass is 517 g/mol. The fraction of sp³-hybridized carbons (Fsp3) is 0.0769. The molecule has 2 heterocycles. The molecule has 4 N–H and O–H groups in total. The second-order valence-electron chi connectivity index (χ2n) is 8.07. The van der Waals surface area contributed by atoms with Crippen LogP contribution < -0.4 is 16.4 Å². The summed E-state index contributed by atoms with van der Waals surface area (Å²) >= 11 is 6.09. The van der Waals surface area contributed by atoms with Crippen molar-refractivity contribution >= 4 is 45.7 Å². The predicted molar refractivity (Wildman–Crippen MR) is 139 cm³/mol. The average molecular weight is 518 g/mol. The maximum atomic E-state index is 13.1.